The first-order chi connectivity index (χ1) is 5.84. The van der Waals surface area contributed by atoms with E-state index in [4.69, 9.17) is 0 Å². The average molecular weight is 169 g/mol. The first-order valence-electron chi connectivity index (χ1n) is 4.56. The number of carbonyl (C=O) groups is 2. The monoisotopic (exact) mass is 169 g/mol. The number of hydrogen-bond donors (Lipinski definition) is 0. The molecule has 0 aliphatic carbocycles. The molecule has 0 aromatic rings. The maximum atomic E-state index is 11.3. The van der Waals surface area contributed by atoms with Gasteiger partial charge in [0.1, 0.15) is 6.29 Å². The number of amides is 1. The van der Waals surface area contributed by atoms with Gasteiger partial charge in [-0.05, 0) is 12.8 Å². The summed E-state index contributed by atoms with van der Waals surface area (Å²) in [6.45, 7) is 1.45. The first kappa shape index (κ1) is 9.23. The van der Waals surface area contributed by atoms with Crippen molar-refractivity contribution < 1.29 is 9.59 Å². The van der Waals surface area contributed by atoms with Gasteiger partial charge in [0.2, 0.25) is 5.91 Å². The Balaban J connectivity index is 2.36. The highest BCUT2D eigenvalue weighted by Crippen LogP contribution is 2.10. The zero-order chi connectivity index (χ0) is 8.81. The molecule has 0 bridgehead atoms. The standard InChI is InChI=1S/C9H15NO2/c11-8-4-7-10-6-3-1-2-5-9(10)12/h8H,1-7H2. The Morgan fingerprint density at radius 1 is 1.33 bits per heavy atom. The van der Waals surface area contributed by atoms with E-state index in [1.54, 1.807) is 4.90 Å². The Labute approximate surface area is 72.7 Å². The molecule has 1 amide bonds. The van der Waals surface area contributed by atoms with E-state index in [9.17, 15) is 9.59 Å². The van der Waals surface area contributed by atoms with E-state index >= 15 is 0 Å². The summed E-state index contributed by atoms with van der Waals surface area (Å²) in [7, 11) is 0. The average Bonchev–Trinajstić information content (AvgIpc) is 2.27. The Morgan fingerprint density at radius 3 is 2.92 bits per heavy atom. The topological polar surface area (TPSA) is 37.4 Å². The second-order valence-electron chi connectivity index (χ2n) is 3.15. The molecule has 1 saturated heterocycles. The van der Waals surface area contributed by atoms with E-state index in [1.165, 1.54) is 0 Å². The SMILES string of the molecule is O=CCCN1CCCCCC1=O. The molecule has 0 atom stereocenters. The van der Waals surface area contributed by atoms with E-state index in [-0.39, 0.29) is 5.91 Å². The lowest BCUT2D eigenvalue weighted by Gasteiger charge is -2.18. The van der Waals surface area contributed by atoms with E-state index in [0.717, 1.165) is 32.1 Å². The van der Waals surface area contributed by atoms with Crippen molar-refractivity contribution in [3.05, 3.63) is 0 Å². The fourth-order valence-electron chi connectivity index (χ4n) is 1.48. The second-order valence-corrected chi connectivity index (χ2v) is 3.15. The number of likely N-dealkylation sites (tertiary alicyclic amines) is 1. The molecule has 0 aromatic carbocycles. The normalized spacial score (nSPS) is 19.0. The maximum absolute atomic E-state index is 11.3. The van der Waals surface area contributed by atoms with Gasteiger partial charge in [0.05, 0.1) is 0 Å². The predicted octanol–water partition coefficient (Wildman–Crippen LogP) is 0.978. The summed E-state index contributed by atoms with van der Waals surface area (Å²) in [6.07, 6.45) is 5.26. The minimum absolute atomic E-state index is 0.217. The third kappa shape index (κ3) is 2.64. The van der Waals surface area contributed by atoms with Crippen LogP contribution in [0.4, 0.5) is 0 Å². The summed E-state index contributed by atoms with van der Waals surface area (Å²) in [5.74, 6) is 0.217. The zero-order valence-corrected chi connectivity index (χ0v) is 7.29. The summed E-state index contributed by atoms with van der Waals surface area (Å²) in [5.41, 5.74) is 0. The van der Waals surface area contributed by atoms with E-state index in [0.29, 0.717) is 19.4 Å². The van der Waals surface area contributed by atoms with Crippen molar-refractivity contribution in [3.63, 3.8) is 0 Å². The van der Waals surface area contributed by atoms with Gasteiger partial charge >= 0.3 is 0 Å². The van der Waals surface area contributed by atoms with Gasteiger partial charge in [0.25, 0.3) is 0 Å². The molecule has 0 aromatic heterocycles. The Hall–Kier alpha value is -0.860. The third-order valence-electron chi connectivity index (χ3n) is 2.19. The van der Waals surface area contributed by atoms with Gasteiger partial charge in [-0.2, -0.15) is 0 Å². The molecule has 0 spiro atoms. The molecule has 68 valence electrons. The number of aldehydes is 1. The summed E-state index contributed by atoms with van der Waals surface area (Å²) in [6, 6.07) is 0. The second kappa shape index (κ2) is 4.91. The van der Waals surface area contributed by atoms with Crippen LogP contribution in [0.15, 0.2) is 0 Å². The molecule has 1 aliphatic rings. The predicted molar refractivity (Wildman–Crippen MR) is 45.7 cm³/mol. The molecule has 0 N–H and O–H groups in total. The van der Waals surface area contributed by atoms with Crippen LogP contribution in [-0.4, -0.2) is 30.2 Å². The van der Waals surface area contributed by atoms with Crippen LogP contribution >= 0.6 is 0 Å². The van der Waals surface area contributed by atoms with E-state index < -0.39 is 0 Å². The summed E-state index contributed by atoms with van der Waals surface area (Å²) in [4.78, 5) is 23.2. The highest BCUT2D eigenvalue weighted by atomic mass is 16.2. The van der Waals surface area contributed by atoms with Crippen LogP contribution in [0, 0.1) is 0 Å². The van der Waals surface area contributed by atoms with Gasteiger partial charge in [-0.3, -0.25) is 4.79 Å². The lowest BCUT2D eigenvalue weighted by molar-refractivity contribution is -0.130. The highest BCUT2D eigenvalue weighted by Gasteiger charge is 2.15. The molecular weight excluding hydrogens is 154 g/mol. The minimum Gasteiger partial charge on any atom is -0.342 e. The molecular formula is C9H15NO2. The van der Waals surface area contributed by atoms with Gasteiger partial charge in [0.15, 0.2) is 0 Å². The van der Waals surface area contributed by atoms with E-state index in [2.05, 4.69) is 0 Å². The fourth-order valence-corrected chi connectivity index (χ4v) is 1.48. The molecule has 1 heterocycles. The van der Waals surface area contributed by atoms with Gasteiger partial charge in [-0.1, -0.05) is 6.42 Å². The Morgan fingerprint density at radius 2 is 2.17 bits per heavy atom. The van der Waals surface area contributed by atoms with Crippen LogP contribution in [-0.2, 0) is 9.59 Å². The van der Waals surface area contributed by atoms with Crippen molar-refractivity contribution >= 4 is 12.2 Å². The largest absolute Gasteiger partial charge is 0.342 e. The van der Waals surface area contributed by atoms with Crippen molar-refractivity contribution in [1.29, 1.82) is 0 Å². The molecule has 1 fully saturated rings. The first-order valence-corrected chi connectivity index (χ1v) is 4.56. The molecule has 0 saturated carbocycles. The Bertz CT molecular complexity index is 168. The molecule has 12 heavy (non-hydrogen) atoms. The smallest absolute Gasteiger partial charge is 0.222 e. The molecule has 1 aliphatic heterocycles. The zero-order valence-electron chi connectivity index (χ0n) is 7.29. The number of nitrogens with zero attached hydrogens (tertiary/aromatic N) is 1. The van der Waals surface area contributed by atoms with Crippen LogP contribution in [0.5, 0.6) is 0 Å². The summed E-state index contributed by atoms with van der Waals surface area (Å²) < 4.78 is 0. The molecule has 1 rings (SSSR count). The van der Waals surface area contributed by atoms with Gasteiger partial charge in [-0.25, -0.2) is 0 Å². The maximum Gasteiger partial charge on any atom is 0.222 e. The lowest BCUT2D eigenvalue weighted by atomic mass is 10.2. The number of rotatable bonds is 3. The molecule has 3 heteroatoms. The van der Waals surface area contributed by atoms with Crippen LogP contribution in [0.1, 0.15) is 32.1 Å². The van der Waals surface area contributed by atoms with Crippen molar-refractivity contribution in [3.8, 4) is 0 Å². The van der Waals surface area contributed by atoms with E-state index in [1.807, 2.05) is 0 Å². The van der Waals surface area contributed by atoms with Crippen molar-refractivity contribution in [2.24, 2.45) is 0 Å². The molecule has 3 nitrogen and oxygen atoms in total. The molecule has 0 radical (unpaired) electrons. The summed E-state index contributed by atoms with van der Waals surface area (Å²) >= 11 is 0. The van der Waals surface area contributed by atoms with Crippen LogP contribution < -0.4 is 0 Å². The van der Waals surface area contributed by atoms with Crippen molar-refractivity contribution in [2.75, 3.05) is 13.1 Å². The quantitative estimate of drug-likeness (QED) is 0.590. The van der Waals surface area contributed by atoms with Gasteiger partial charge in [0, 0.05) is 25.9 Å². The lowest BCUT2D eigenvalue weighted by Crippen LogP contribution is -2.31. The third-order valence-corrected chi connectivity index (χ3v) is 2.19. The van der Waals surface area contributed by atoms with Crippen LogP contribution in [0.25, 0.3) is 0 Å². The van der Waals surface area contributed by atoms with Crippen LogP contribution in [0.3, 0.4) is 0 Å². The Kier molecular flexibility index (Phi) is 3.77. The number of carbonyl (C=O) groups excluding carboxylic acids is 2. The highest BCUT2D eigenvalue weighted by molar-refractivity contribution is 5.76. The van der Waals surface area contributed by atoms with Gasteiger partial charge < -0.3 is 9.69 Å². The summed E-state index contributed by atoms with van der Waals surface area (Å²) in [5, 5.41) is 0. The van der Waals surface area contributed by atoms with Crippen molar-refractivity contribution in [2.45, 2.75) is 32.1 Å². The number of hydrogen-bond acceptors (Lipinski definition) is 2. The minimum atomic E-state index is 0.217. The van der Waals surface area contributed by atoms with Crippen LogP contribution in [0.2, 0.25) is 0 Å². The van der Waals surface area contributed by atoms with Crippen molar-refractivity contribution in [1.82, 2.24) is 4.90 Å². The molecule has 0 unspecified atom stereocenters. The van der Waals surface area contributed by atoms with Gasteiger partial charge in [-0.15, -0.1) is 0 Å². The fraction of sp³-hybridized carbons (Fsp3) is 0.778.